The molecule has 1 aromatic rings. The van der Waals surface area contributed by atoms with E-state index in [4.69, 9.17) is 4.74 Å². The minimum absolute atomic E-state index is 0. The van der Waals surface area contributed by atoms with Gasteiger partial charge >= 0.3 is 29.6 Å². The van der Waals surface area contributed by atoms with Gasteiger partial charge in [0.25, 0.3) is 5.69 Å². The number of nitrogens with zero attached hydrogens (tertiary/aromatic N) is 1. The molecule has 0 aromatic heterocycles. The van der Waals surface area contributed by atoms with Gasteiger partial charge in [-0.1, -0.05) is 0 Å². The molecule has 0 bridgehead atoms. The van der Waals surface area contributed by atoms with Crippen LogP contribution in [0.15, 0.2) is 24.3 Å². The second kappa shape index (κ2) is 5.13. The molecular formula is C7H8NNaO3. The van der Waals surface area contributed by atoms with Gasteiger partial charge < -0.3 is 4.74 Å². The predicted molar refractivity (Wildman–Crippen MR) is 46.8 cm³/mol. The van der Waals surface area contributed by atoms with Crippen LogP contribution < -0.4 is 4.74 Å². The average Bonchev–Trinajstić information content (AvgIpc) is 2.05. The van der Waals surface area contributed by atoms with Crippen LogP contribution in [-0.4, -0.2) is 41.6 Å². The molecule has 0 radical (unpaired) electrons. The Morgan fingerprint density at radius 3 is 2.17 bits per heavy atom. The first-order valence-electron chi connectivity index (χ1n) is 3.02. The van der Waals surface area contributed by atoms with Gasteiger partial charge in [0.2, 0.25) is 0 Å². The van der Waals surface area contributed by atoms with Gasteiger partial charge in [-0.3, -0.25) is 10.1 Å². The van der Waals surface area contributed by atoms with Crippen LogP contribution >= 0.6 is 0 Å². The number of rotatable bonds is 2. The van der Waals surface area contributed by atoms with E-state index in [2.05, 4.69) is 0 Å². The Hall–Kier alpha value is -0.580. The van der Waals surface area contributed by atoms with E-state index in [0.717, 1.165) is 0 Å². The van der Waals surface area contributed by atoms with Crippen LogP contribution in [0.25, 0.3) is 0 Å². The number of non-ortho nitro benzene ring substituents is 1. The molecule has 60 valence electrons. The van der Waals surface area contributed by atoms with Crippen LogP contribution in [0.5, 0.6) is 5.75 Å². The van der Waals surface area contributed by atoms with Crippen molar-refractivity contribution in [1.82, 2.24) is 0 Å². The summed E-state index contributed by atoms with van der Waals surface area (Å²) >= 11 is 0. The van der Waals surface area contributed by atoms with E-state index in [1.54, 1.807) is 12.1 Å². The van der Waals surface area contributed by atoms with Crippen molar-refractivity contribution in [2.45, 2.75) is 0 Å². The minimum atomic E-state index is -0.445. The fourth-order valence-corrected chi connectivity index (χ4v) is 0.704. The number of ether oxygens (including phenoxy) is 1. The Labute approximate surface area is 92.0 Å². The number of nitro benzene ring substituents is 1. The van der Waals surface area contributed by atoms with Crippen LogP contribution in [0.1, 0.15) is 0 Å². The molecule has 0 saturated carbocycles. The molecule has 0 fully saturated rings. The molecule has 0 amide bonds. The van der Waals surface area contributed by atoms with Crippen LogP contribution in [0.2, 0.25) is 0 Å². The fraction of sp³-hybridized carbons (Fsp3) is 0.143. The van der Waals surface area contributed by atoms with Crippen molar-refractivity contribution in [3.05, 3.63) is 34.4 Å². The third-order valence-corrected chi connectivity index (χ3v) is 1.28. The molecule has 0 heterocycles. The number of hydrogen-bond donors (Lipinski definition) is 0. The average molecular weight is 177 g/mol. The Morgan fingerprint density at radius 1 is 1.33 bits per heavy atom. The molecule has 12 heavy (non-hydrogen) atoms. The monoisotopic (exact) mass is 177 g/mol. The molecule has 4 nitrogen and oxygen atoms in total. The van der Waals surface area contributed by atoms with E-state index in [9.17, 15) is 10.1 Å². The summed E-state index contributed by atoms with van der Waals surface area (Å²) in [5, 5.41) is 10.2. The summed E-state index contributed by atoms with van der Waals surface area (Å²) in [6, 6.07) is 5.91. The zero-order valence-electron chi connectivity index (χ0n) is 5.98. The quantitative estimate of drug-likeness (QED) is 0.384. The van der Waals surface area contributed by atoms with Crippen molar-refractivity contribution in [3.63, 3.8) is 0 Å². The molecule has 0 atom stereocenters. The summed E-state index contributed by atoms with van der Waals surface area (Å²) in [5.74, 6) is 0.621. The first-order chi connectivity index (χ1) is 5.24. The Balaban J connectivity index is 0.00000121. The van der Waals surface area contributed by atoms with E-state index < -0.39 is 4.92 Å². The van der Waals surface area contributed by atoms with Gasteiger partial charge in [-0.15, -0.1) is 0 Å². The molecule has 0 spiro atoms. The second-order valence-electron chi connectivity index (χ2n) is 1.96. The van der Waals surface area contributed by atoms with E-state index in [0.29, 0.717) is 5.75 Å². The molecule has 0 aliphatic rings. The van der Waals surface area contributed by atoms with Crippen molar-refractivity contribution >= 4 is 35.2 Å². The third kappa shape index (κ3) is 2.81. The van der Waals surface area contributed by atoms with E-state index in [1.165, 1.54) is 19.2 Å². The number of hydrogen-bond acceptors (Lipinski definition) is 3. The zero-order chi connectivity index (χ0) is 8.27. The van der Waals surface area contributed by atoms with Crippen LogP contribution in [0.4, 0.5) is 5.69 Å². The summed E-state index contributed by atoms with van der Waals surface area (Å²) in [6.07, 6.45) is 0. The zero-order valence-corrected chi connectivity index (χ0v) is 5.98. The molecule has 0 saturated heterocycles. The summed E-state index contributed by atoms with van der Waals surface area (Å²) in [5.41, 5.74) is 0.0748. The maximum absolute atomic E-state index is 10.2. The number of nitro groups is 1. The molecule has 5 heteroatoms. The van der Waals surface area contributed by atoms with Crippen molar-refractivity contribution < 1.29 is 9.66 Å². The molecule has 0 N–H and O–H groups in total. The summed E-state index contributed by atoms with van der Waals surface area (Å²) in [6.45, 7) is 0. The van der Waals surface area contributed by atoms with Crippen LogP contribution in [-0.2, 0) is 0 Å². The van der Waals surface area contributed by atoms with Crippen molar-refractivity contribution in [1.29, 1.82) is 0 Å². The van der Waals surface area contributed by atoms with E-state index >= 15 is 0 Å². The standard InChI is InChI=1S/C7H7NO3.Na.H/c1-11-7-4-2-6(3-5-7)8(9)10;;/h2-5H,1H3;;. The van der Waals surface area contributed by atoms with E-state index in [1.807, 2.05) is 0 Å². The fourth-order valence-electron chi connectivity index (χ4n) is 0.704. The molecule has 1 rings (SSSR count). The van der Waals surface area contributed by atoms with Gasteiger partial charge in [-0.2, -0.15) is 0 Å². The van der Waals surface area contributed by atoms with Gasteiger partial charge in [0.05, 0.1) is 12.0 Å². The first kappa shape index (κ1) is 11.4. The van der Waals surface area contributed by atoms with Gasteiger partial charge in [-0.05, 0) is 12.1 Å². The topological polar surface area (TPSA) is 52.4 Å². The van der Waals surface area contributed by atoms with Gasteiger partial charge in [-0.25, -0.2) is 0 Å². The molecule has 0 aliphatic heterocycles. The summed E-state index contributed by atoms with van der Waals surface area (Å²) in [7, 11) is 1.52. The van der Waals surface area contributed by atoms with E-state index in [-0.39, 0.29) is 35.2 Å². The molecule has 0 aliphatic carbocycles. The van der Waals surface area contributed by atoms with Gasteiger partial charge in [0.15, 0.2) is 0 Å². The predicted octanol–water partition coefficient (Wildman–Crippen LogP) is 0.955. The maximum atomic E-state index is 10.2. The molecule has 1 aromatic carbocycles. The Bertz CT molecular complexity index is 260. The first-order valence-corrected chi connectivity index (χ1v) is 3.02. The van der Waals surface area contributed by atoms with Crippen molar-refractivity contribution in [2.24, 2.45) is 0 Å². The summed E-state index contributed by atoms with van der Waals surface area (Å²) in [4.78, 5) is 9.72. The second-order valence-corrected chi connectivity index (χ2v) is 1.96. The van der Waals surface area contributed by atoms with Gasteiger partial charge in [0, 0.05) is 12.1 Å². The van der Waals surface area contributed by atoms with Gasteiger partial charge in [0.1, 0.15) is 5.75 Å². The molecule has 0 unspecified atom stereocenters. The number of methoxy groups -OCH3 is 1. The third-order valence-electron chi connectivity index (χ3n) is 1.28. The van der Waals surface area contributed by atoms with Crippen LogP contribution in [0, 0.1) is 10.1 Å². The summed E-state index contributed by atoms with van der Waals surface area (Å²) < 4.78 is 4.83. The molecular weight excluding hydrogens is 169 g/mol. The SMILES string of the molecule is COc1ccc([N+](=O)[O-])cc1.[NaH]. The Morgan fingerprint density at radius 2 is 1.83 bits per heavy atom. The Kier molecular flexibility index (Phi) is 4.89. The normalized spacial score (nSPS) is 8.42. The number of benzene rings is 1. The van der Waals surface area contributed by atoms with Crippen molar-refractivity contribution in [3.8, 4) is 5.75 Å². The van der Waals surface area contributed by atoms with Crippen molar-refractivity contribution in [2.75, 3.05) is 7.11 Å². The van der Waals surface area contributed by atoms with Crippen LogP contribution in [0.3, 0.4) is 0 Å².